The van der Waals surface area contributed by atoms with Gasteiger partial charge >= 0.3 is 0 Å². The molecule has 0 aromatic carbocycles. The molecule has 1 aliphatic rings. The number of hydrogen-bond acceptors (Lipinski definition) is 2. The highest BCUT2D eigenvalue weighted by Gasteiger charge is 2.19. The number of ether oxygens (including phenoxy) is 1. The minimum atomic E-state index is 0.365. The molecule has 1 fully saturated rings. The lowest BCUT2D eigenvalue weighted by atomic mass is 10.1. The van der Waals surface area contributed by atoms with E-state index in [1.807, 2.05) is 0 Å². The Morgan fingerprint density at radius 1 is 1.38 bits per heavy atom. The van der Waals surface area contributed by atoms with Crippen LogP contribution in [0.4, 0.5) is 0 Å². The van der Waals surface area contributed by atoms with Crippen molar-refractivity contribution in [3.63, 3.8) is 0 Å². The van der Waals surface area contributed by atoms with E-state index >= 15 is 0 Å². The fraction of sp³-hybridized carbons (Fsp3) is 1.00. The minimum absolute atomic E-state index is 0.365. The summed E-state index contributed by atoms with van der Waals surface area (Å²) >= 11 is 0. The first-order valence-electron chi connectivity index (χ1n) is 5.53. The maximum absolute atomic E-state index is 5.47. The van der Waals surface area contributed by atoms with Crippen molar-refractivity contribution in [3.05, 3.63) is 0 Å². The normalized spacial score (nSPS) is 28.6. The Kier molecular flexibility index (Phi) is 4.74. The van der Waals surface area contributed by atoms with Crippen molar-refractivity contribution in [2.45, 2.75) is 52.2 Å². The van der Waals surface area contributed by atoms with Gasteiger partial charge in [0.1, 0.15) is 0 Å². The molecule has 13 heavy (non-hydrogen) atoms. The summed E-state index contributed by atoms with van der Waals surface area (Å²) in [6, 6.07) is 0.755. The number of rotatable bonds is 5. The van der Waals surface area contributed by atoms with E-state index in [4.69, 9.17) is 4.74 Å². The Morgan fingerprint density at radius 2 is 2.15 bits per heavy atom. The molecule has 0 aromatic rings. The molecule has 0 amide bonds. The van der Waals surface area contributed by atoms with Crippen LogP contribution >= 0.6 is 0 Å². The lowest BCUT2D eigenvalue weighted by Gasteiger charge is -2.13. The Balaban J connectivity index is 1.94. The fourth-order valence-corrected chi connectivity index (χ4v) is 1.95. The zero-order valence-electron chi connectivity index (χ0n) is 9.18. The highest BCUT2D eigenvalue weighted by Crippen LogP contribution is 2.24. The first-order valence-corrected chi connectivity index (χ1v) is 5.53. The molecule has 2 unspecified atom stereocenters. The third kappa shape index (κ3) is 4.63. The van der Waals surface area contributed by atoms with Crippen molar-refractivity contribution in [1.82, 2.24) is 5.32 Å². The van der Waals surface area contributed by atoms with Gasteiger partial charge in [0.2, 0.25) is 0 Å². The van der Waals surface area contributed by atoms with Gasteiger partial charge in [-0.1, -0.05) is 6.92 Å². The van der Waals surface area contributed by atoms with Gasteiger partial charge in [0.15, 0.2) is 0 Å². The molecule has 2 heteroatoms. The first-order chi connectivity index (χ1) is 6.18. The van der Waals surface area contributed by atoms with Gasteiger partial charge in [0.05, 0.1) is 12.7 Å². The monoisotopic (exact) mass is 185 g/mol. The van der Waals surface area contributed by atoms with Crippen LogP contribution in [0.2, 0.25) is 0 Å². The second-order valence-corrected chi connectivity index (χ2v) is 4.49. The molecule has 2 atom stereocenters. The number of nitrogens with one attached hydrogen (secondary N) is 1. The lowest BCUT2D eigenvalue weighted by Crippen LogP contribution is -2.30. The first kappa shape index (κ1) is 11.0. The molecule has 0 aromatic heterocycles. The topological polar surface area (TPSA) is 21.3 Å². The van der Waals surface area contributed by atoms with Gasteiger partial charge in [-0.15, -0.1) is 0 Å². The average Bonchev–Trinajstić information content (AvgIpc) is 2.45. The molecular weight excluding hydrogens is 162 g/mol. The molecule has 0 heterocycles. The molecule has 0 spiro atoms. The largest absolute Gasteiger partial charge is 0.377 e. The van der Waals surface area contributed by atoms with E-state index < -0.39 is 0 Å². The fourth-order valence-electron chi connectivity index (χ4n) is 1.95. The van der Waals surface area contributed by atoms with E-state index in [2.05, 4.69) is 26.1 Å². The smallest absolute Gasteiger partial charge is 0.0594 e. The summed E-state index contributed by atoms with van der Waals surface area (Å²) in [7, 11) is 0. The van der Waals surface area contributed by atoms with Gasteiger partial charge in [0, 0.05) is 12.6 Å². The SMILES string of the molecule is CC1CCC(NCCOC(C)C)C1. The maximum atomic E-state index is 5.47. The third-order valence-corrected chi connectivity index (χ3v) is 2.68. The standard InChI is InChI=1S/C11H23NO/c1-9(2)13-7-6-12-11-5-4-10(3)8-11/h9-12H,4-8H2,1-3H3. The van der Waals surface area contributed by atoms with Crippen LogP contribution in [0.15, 0.2) is 0 Å². The Morgan fingerprint density at radius 3 is 2.69 bits per heavy atom. The van der Waals surface area contributed by atoms with Gasteiger partial charge < -0.3 is 10.1 Å². The van der Waals surface area contributed by atoms with Crippen molar-refractivity contribution in [1.29, 1.82) is 0 Å². The second-order valence-electron chi connectivity index (χ2n) is 4.49. The summed E-state index contributed by atoms with van der Waals surface area (Å²) in [5.74, 6) is 0.920. The van der Waals surface area contributed by atoms with Crippen molar-refractivity contribution in [2.75, 3.05) is 13.2 Å². The Labute approximate surface area is 82.0 Å². The zero-order chi connectivity index (χ0) is 9.68. The van der Waals surface area contributed by atoms with E-state index in [0.29, 0.717) is 6.10 Å². The van der Waals surface area contributed by atoms with E-state index in [0.717, 1.165) is 25.1 Å². The second kappa shape index (κ2) is 5.61. The van der Waals surface area contributed by atoms with Crippen LogP contribution in [-0.4, -0.2) is 25.3 Å². The molecular formula is C11H23NO. The molecule has 1 aliphatic carbocycles. The Hall–Kier alpha value is -0.0800. The molecule has 0 aliphatic heterocycles. The molecule has 1 N–H and O–H groups in total. The molecule has 1 rings (SSSR count). The summed E-state index contributed by atoms with van der Waals surface area (Å²) in [5, 5.41) is 3.54. The summed E-state index contributed by atoms with van der Waals surface area (Å²) in [6.45, 7) is 8.36. The van der Waals surface area contributed by atoms with Gasteiger partial charge in [-0.25, -0.2) is 0 Å². The summed E-state index contributed by atoms with van der Waals surface area (Å²) in [6.07, 6.45) is 4.46. The van der Waals surface area contributed by atoms with Gasteiger partial charge in [-0.2, -0.15) is 0 Å². The van der Waals surface area contributed by atoms with Gasteiger partial charge in [-0.05, 0) is 39.0 Å². The highest BCUT2D eigenvalue weighted by molar-refractivity contribution is 4.77. The predicted octanol–water partition coefficient (Wildman–Crippen LogP) is 2.19. The third-order valence-electron chi connectivity index (χ3n) is 2.68. The van der Waals surface area contributed by atoms with Crippen molar-refractivity contribution in [2.24, 2.45) is 5.92 Å². The summed E-state index contributed by atoms with van der Waals surface area (Å²) < 4.78 is 5.47. The van der Waals surface area contributed by atoms with Crippen LogP contribution in [-0.2, 0) is 4.74 Å². The van der Waals surface area contributed by atoms with Crippen molar-refractivity contribution >= 4 is 0 Å². The molecule has 0 saturated heterocycles. The number of hydrogen-bond donors (Lipinski definition) is 1. The van der Waals surface area contributed by atoms with Crippen molar-refractivity contribution in [3.8, 4) is 0 Å². The van der Waals surface area contributed by atoms with E-state index in [9.17, 15) is 0 Å². The lowest BCUT2D eigenvalue weighted by molar-refractivity contribution is 0.0794. The molecule has 2 nitrogen and oxygen atoms in total. The minimum Gasteiger partial charge on any atom is -0.377 e. The van der Waals surface area contributed by atoms with Crippen LogP contribution in [0, 0.1) is 5.92 Å². The average molecular weight is 185 g/mol. The summed E-state index contributed by atoms with van der Waals surface area (Å²) in [5.41, 5.74) is 0. The van der Waals surface area contributed by atoms with Crippen LogP contribution in [0.3, 0.4) is 0 Å². The van der Waals surface area contributed by atoms with Gasteiger partial charge in [0.25, 0.3) is 0 Å². The molecule has 1 saturated carbocycles. The maximum Gasteiger partial charge on any atom is 0.0594 e. The quantitative estimate of drug-likeness (QED) is 0.663. The van der Waals surface area contributed by atoms with Crippen LogP contribution in [0.25, 0.3) is 0 Å². The van der Waals surface area contributed by atoms with Gasteiger partial charge in [-0.3, -0.25) is 0 Å². The van der Waals surface area contributed by atoms with E-state index in [1.165, 1.54) is 19.3 Å². The Bertz CT molecular complexity index is 136. The molecule has 0 bridgehead atoms. The van der Waals surface area contributed by atoms with E-state index in [-0.39, 0.29) is 0 Å². The van der Waals surface area contributed by atoms with Crippen LogP contribution in [0.5, 0.6) is 0 Å². The summed E-state index contributed by atoms with van der Waals surface area (Å²) in [4.78, 5) is 0. The highest BCUT2D eigenvalue weighted by atomic mass is 16.5. The van der Waals surface area contributed by atoms with Crippen LogP contribution in [0.1, 0.15) is 40.0 Å². The molecule has 78 valence electrons. The van der Waals surface area contributed by atoms with E-state index in [1.54, 1.807) is 0 Å². The van der Waals surface area contributed by atoms with Crippen molar-refractivity contribution < 1.29 is 4.74 Å². The van der Waals surface area contributed by atoms with Crippen LogP contribution < -0.4 is 5.32 Å². The zero-order valence-corrected chi connectivity index (χ0v) is 9.18. The predicted molar refractivity (Wildman–Crippen MR) is 55.9 cm³/mol. The molecule has 0 radical (unpaired) electrons.